The maximum Gasteiger partial charge on any atom is 0.323 e. The number of fused-ring (bicyclic) bond motifs is 1. The van der Waals surface area contributed by atoms with Crippen LogP contribution in [0.5, 0.6) is 0 Å². The molecule has 1 spiro atoms. The number of hydrazine groups is 1. The molecule has 2 bridgehead atoms. The third-order valence-corrected chi connectivity index (χ3v) is 6.37. The van der Waals surface area contributed by atoms with Gasteiger partial charge in [0.1, 0.15) is 49.0 Å². The van der Waals surface area contributed by atoms with Gasteiger partial charge in [0.15, 0.2) is 6.23 Å². The van der Waals surface area contributed by atoms with E-state index in [0.29, 0.717) is 24.6 Å². The topological polar surface area (TPSA) is 172 Å². The highest BCUT2D eigenvalue weighted by atomic mass is 16.6. The first-order chi connectivity index (χ1) is 14.2. The molecule has 0 aromatic rings. The zero-order chi connectivity index (χ0) is 21.8. The predicted molar refractivity (Wildman–Crippen MR) is 107 cm³/mol. The van der Waals surface area contributed by atoms with Crippen LogP contribution in [0, 0.1) is 11.3 Å². The van der Waals surface area contributed by atoms with Gasteiger partial charge in [-0.1, -0.05) is 13.8 Å². The van der Waals surface area contributed by atoms with Crippen LogP contribution >= 0.6 is 0 Å². The summed E-state index contributed by atoms with van der Waals surface area (Å²) in [4.78, 5) is 20.9. The molecule has 12 heteroatoms. The Labute approximate surface area is 174 Å². The van der Waals surface area contributed by atoms with Crippen LogP contribution in [0.3, 0.4) is 0 Å². The first kappa shape index (κ1) is 21.1. The molecule has 2 unspecified atom stereocenters. The van der Waals surface area contributed by atoms with Crippen LogP contribution in [-0.2, 0) is 14.3 Å². The summed E-state index contributed by atoms with van der Waals surface area (Å²) in [6, 6.07) is -0.870. The minimum Gasteiger partial charge on any atom is -0.462 e. The standard InChI is InChI=1S/C18H29N7O5/c1-8(2)12(19)16(28)29-5-10-13(26)14(27)15(30-10)25-17-18(9(3)21-7-22-17)4-11(23-25)24(20)6-18/h7-10,12-15,26-27H,4-6,19-20H2,1-3H3/t9?,10-,12+,13-,14-,15-,18?/m1/s1. The van der Waals surface area contributed by atoms with Gasteiger partial charge < -0.3 is 25.4 Å². The van der Waals surface area contributed by atoms with E-state index < -0.39 is 42.0 Å². The maximum absolute atomic E-state index is 12.0. The highest BCUT2D eigenvalue weighted by molar-refractivity contribution is 6.04. The average Bonchev–Trinajstić information content (AvgIpc) is 3.14. The summed E-state index contributed by atoms with van der Waals surface area (Å²) in [6.07, 6.45) is -2.49. The molecule has 4 aliphatic rings. The highest BCUT2D eigenvalue weighted by Crippen LogP contribution is 2.44. The molecule has 2 saturated heterocycles. The Morgan fingerprint density at radius 2 is 2.17 bits per heavy atom. The molecule has 0 aliphatic carbocycles. The van der Waals surface area contributed by atoms with Gasteiger partial charge in [-0.3, -0.25) is 14.8 Å². The quantitative estimate of drug-likeness (QED) is 0.288. The predicted octanol–water partition coefficient (Wildman–Crippen LogP) is -2.02. The van der Waals surface area contributed by atoms with E-state index in [1.165, 1.54) is 11.3 Å². The summed E-state index contributed by atoms with van der Waals surface area (Å²) in [5.41, 5.74) is 5.31. The van der Waals surface area contributed by atoms with Crippen molar-refractivity contribution < 1.29 is 24.5 Å². The maximum atomic E-state index is 12.0. The van der Waals surface area contributed by atoms with Crippen LogP contribution in [-0.4, -0.2) is 94.0 Å². The zero-order valence-corrected chi connectivity index (χ0v) is 17.3. The van der Waals surface area contributed by atoms with Gasteiger partial charge in [0.05, 0.1) is 18.0 Å². The number of esters is 1. The number of nitrogens with two attached hydrogens (primary N) is 2. The number of amidine groups is 2. The summed E-state index contributed by atoms with van der Waals surface area (Å²) < 4.78 is 11.1. The summed E-state index contributed by atoms with van der Waals surface area (Å²) in [7, 11) is 0. The molecule has 2 fully saturated rings. The molecule has 4 rings (SSSR count). The van der Waals surface area contributed by atoms with Crippen LogP contribution in [0.2, 0.25) is 0 Å². The van der Waals surface area contributed by atoms with Crippen molar-refractivity contribution in [2.24, 2.45) is 38.0 Å². The fourth-order valence-corrected chi connectivity index (χ4v) is 4.24. The van der Waals surface area contributed by atoms with E-state index in [0.717, 1.165) is 0 Å². The average molecular weight is 423 g/mol. The van der Waals surface area contributed by atoms with Crippen LogP contribution in [0.1, 0.15) is 27.2 Å². The van der Waals surface area contributed by atoms with Gasteiger partial charge in [-0.25, -0.2) is 15.8 Å². The van der Waals surface area contributed by atoms with Crippen molar-refractivity contribution in [2.45, 2.75) is 63.8 Å². The summed E-state index contributed by atoms with van der Waals surface area (Å²) in [5, 5.41) is 28.7. The lowest BCUT2D eigenvalue weighted by Crippen LogP contribution is -2.56. The summed E-state index contributed by atoms with van der Waals surface area (Å²) in [6.45, 7) is 5.84. The van der Waals surface area contributed by atoms with Gasteiger partial charge in [-0.2, -0.15) is 5.10 Å². The first-order valence-corrected chi connectivity index (χ1v) is 10.1. The van der Waals surface area contributed by atoms with Crippen molar-refractivity contribution in [3.05, 3.63) is 0 Å². The largest absolute Gasteiger partial charge is 0.462 e. The lowest BCUT2D eigenvalue weighted by Gasteiger charge is -2.42. The Morgan fingerprint density at radius 3 is 2.87 bits per heavy atom. The molecule has 7 atom stereocenters. The number of ether oxygens (including phenoxy) is 2. The normalized spacial score (nSPS) is 38.5. The molecule has 166 valence electrons. The minimum absolute atomic E-state index is 0.0896. The van der Waals surface area contributed by atoms with Crippen molar-refractivity contribution in [1.82, 2.24) is 10.0 Å². The molecule has 0 aromatic heterocycles. The number of rotatable bonds is 5. The number of carbonyl (C=O) groups is 1. The molecule has 30 heavy (non-hydrogen) atoms. The zero-order valence-electron chi connectivity index (χ0n) is 17.3. The highest BCUT2D eigenvalue weighted by Gasteiger charge is 2.58. The van der Waals surface area contributed by atoms with E-state index >= 15 is 0 Å². The van der Waals surface area contributed by atoms with E-state index in [9.17, 15) is 15.0 Å². The molecule has 4 heterocycles. The van der Waals surface area contributed by atoms with Crippen molar-refractivity contribution in [2.75, 3.05) is 13.2 Å². The number of nitrogens with zero attached hydrogens (tertiary/aromatic N) is 5. The van der Waals surface area contributed by atoms with E-state index in [1.54, 1.807) is 5.01 Å². The second-order valence-electron chi connectivity index (χ2n) is 8.66. The lowest BCUT2D eigenvalue weighted by molar-refractivity contribution is -0.153. The van der Waals surface area contributed by atoms with Crippen molar-refractivity contribution >= 4 is 24.0 Å². The SMILES string of the molecule is CC(C)[C@H](N)C(=O)OC[C@H]1O[C@@H](N2N=C3CC4(CN3N)C2=NC=NC4C)[C@H](O)[C@@H]1O. The van der Waals surface area contributed by atoms with E-state index in [2.05, 4.69) is 15.1 Å². The Hall–Kier alpha value is -2.12. The van der Waals surface area contributed by atoms with Crippen molar-refractivity contribution in [3.8, 4) is 0 Å². The van der Waals surface area contributed by atoms with E-state index in [4.69, 9.17) is 21.1 Å². The number of carbonyl (C=O) groups excluding carboxylic acids is 1. The number of aliphatic imine (C=N–C) groups is 2. The van der Waals surface area contributed by atoms with Gasteiger partial charge in [0, 0.05) is 6.42 Å². The van der Waals surface area contributed by atoms with E-state index in [-0.39, 0.29) is 18.6 Å². The molecule has 0 radical (unpaired) electrons. The molecule has 0 saturated carbocycles. The smallest absolute Gasteiger partial charge is 0.323 e. The number of hydrogen-bond acceptors (Lipinski definition) is 12. The van der Waals surface area contributed by atoms with E-state index in [1.807, 2.05) is 20.8 Å². The van der Waals surface area contributed by atoms with Crippen molar-refractivity contribution in [1.29, 1.82) is 0 Å². The van der Waals surface area contributed by atoms with Gasteiger partial charge in [0.2, 0.25) is 0 Å². The van der Waals surface area contributed by atoms with Crippen molar-refractivity contribution in [3.63, 3.8) is 0 Å². The number of aliphatic hydroxyl groups is 2. The number of hydrogen-bond donors (Lipinski definition) is 4. The van der Waals surface area contributed by atoms with Crippen LogP contribution in [0.4, 0.5) is 0 Å². The Balaban J connectivity index is 1.52. The molecule has 0 amide bonds. The monoisotopic (exact) mass is 423 g/mol. The number of hydrazone groups is 1. The summed E-state index contributed by atoms with van der Waals surface area (Å²) >= 11 is 0. The third kappa shape index (κ3) is 3.19. The number of aliphatic hydroxyl groups excluding tert-OH is 2. The third-order valence-electron chi connectivity index (χ3n) is 6.37. The Morgan fingerprint density at radius 1 is 1.43 bits per heavy atom. The van der Waals surface area contributed by atoms with Crippen LogP contribution in [0.15, 0.2) is 15.1 Å². The molecule has 6 N–H and O–H groups in total. The van der Waals surface area contributed by atoms with Gasteiger partial charge in [-0.05, 0) is 12.8 Å². The Bertz CT molecular complexity index is 802. The van der Waals surface area contributed by atoms with Crippen LogP contribution < -0.4 is 11.6 Å². The summed E-state index contributed by atoms with van der Waals surface area (Å²) in [5.74, 6) is 6.64. The Kier molecular flexibility index (Phi) is 5.31. The second kappa shape index (κ2) is 7.54. The van der Waals surface area contributed by atoms with Gasteiger partial charge in [-0.15, -0.1) is 0 Å². The molecule has 0 aromatic carbocycles. The van der Waals surface area contributed by atoms with Crippen LogP contribution in [0.25, 0.3) is 0 Å². The molecule has 12 nitrogen and oxygen atoms in total. The fourth-order valence-electron chi connectivity index (χ4n) is 4.24. The lowest BCUT2D eigenvalue weighted by atomic mass is 9.77. The minimum atomic E-state index is -1.30. The van der Waals surface area contributed by atoms with Gasteiger partial charge >= 0.3 is 5.97 Å². The second-order valence-corrected chi connectivity index (χ2v) is 8.66. The fraction of sp³-hybridized carbons (Fsp3) is 0.778. The first-order valence-electron chi connectivity index (χ1n) is 10.1. The van der Waals surface area contributed by atoms with Gasteiger partial charge in [0.25, 0.3) is 0 Å². The molecule has 4 aliphatic heterocycles. The molecular weight excluding hydrogens is 394 g/mol. The molecular formula is C18H29N7O5.